The second kappa shape index (κ2) is 9.00. The number of carboxylic acid groups (broad SMARTS) is 1. The SMILES string of the molecule is CC(O)(CNC(=O)C1C2CCC(C2)C1NC(=O)OCC1c2ccccc2-c2ccccc21)C(=O)O. The molecule has 0 aromatic heterocycles. The van der Waals surface area contributed by atoms with Crippen LogP contribution in [0.1, 0.15) is 43.2 Å². The highest BCUT2D eigenvalue weighted by atomic mass is 16.5. The van der Waals surface area contributed by atoms with E-state index in [0.29, 0.717) is 0 Å². The van der Waals surface area contributed by atoms with Gasteiger partial charge in [-0.15, -0.1) is 0 Å². The van der Waals surface area contributed by atoms with E-state index in [2.05, 4.69) is 34.9 Å². The highest BCUT2D eigenvalue weighted by Gasteiger charge is 2.52. The number of amides is 2. The topological polar surface area (TPSA) is 125 Å². The Labute approximate surface area is 203 Å². The van der Waals surface area contributed by atoms with Crippen molar-refractivity contribution in [1.82, 2.24) is 10.6 Å². The summed E-state index contributed by atoms with van der Waals surface area (Å²) in [5.74, 6) is -1.98. The zero-order valence-corrected chi connectivity index (χ0v) is 19.6. The first-order chi connectivity index (χ1) is 16.8. The lowest BCUT2D eigenvalue weighted by Crippen LogP contribution is -2.53. The van der Waals surface area contributed by atoms with Crippen LogP contribution in [0.4, 0.5) is 4.79 Å². The van der Waals surface area contributed by atoms with Crippen LogP contribution in [0.5, 0.6) is 0 Å². The molecule has 0 radical (unpaired) electrons. The zero-order chi connectivity index (χ0) is 24.7. The van der Waals surface area contributed by atoms with Gasteiger partial charge in [0.05, 0.1) is 12.5 Å². The van der Waals surface area contributed by atoms with Gasteiger partial charge in [-0.3, -0.25) is 4.79 Å². The molecular formula is C27H30N2O6. The fourth-order valence-corrected chi connectivity index (χ4v) is 6.11. The molecule has 2 aromatic rings. The minimum atomic E-state index is -2.05. The van der Waals surface area contributed by atoms with Crippen LogP contribution in [0.25, 0.3) is 11.1 Å². The summed E-state index contributed by atoms with van der Waals surface area (Å²) in [5, 5.41) is 24.5. The van der Waals surface area contributed by atoms with Crippen LogP contribution in [0.15, 0.2) is 48.5 Å². The highest BCUT2D eigenvalue weighted by molar-refractivity contribution is 5.83. The fraction of sp³-hybridized carbons (Fsp3) is 0.444. The smallest absolute Gasteiger partial charge is 0.407 e. The lowest BCUT2D eigenvalue weighted by atomic mass is 9.83. The molecule has 0 heterocycles. The summed E-state index contributed by atoms with van der Waals surface area (Å²) in [4.78, 5) is 36.9. The molecule has 8 heteroatoms. The number of ether oxygens (including phenoxy) is 1. The Hall–Kier alpha value is -3.39. The van der Waals surface area contributed by atoms with Crippen molar-refractivity contribution >= 4 is 18.0 Å². The van der Waals surface area contributed by atoms with E-state index in [1.54, 1.807) is 0 Å². The zero-order valence-electron chi connectivity index (χ0n) is 19.6. The van der Waals surface area contributed by atoms with Gasteiger partial charge >= 0.3 is 12.1 Å². The van der Waals surface area contributed by atoms with E-state index >= 15 is 0 Å². The second-order valence-corrected chi connectivity index (χ2v) is 10.2. The number of hydrogen-bond acceptors (Lipinski definition) is 5. The van der Waals surface area contributed by atoms with E-state index in [9.17, 15) is 19.5 Å². The average molecular weight is 479 g/mol. The number of carbonyl (C=O) groups excluding carboxylic acids is 2. The van der Waals surface area contributed by atoms with Crippen molar-refractivity contribution in [3.8, 4) is 11.1 Å². The Morgan fingerprint density at radius 3 is 2.23 bits per heavy atom. The summed E-state index contributed by atoms with van der Waals surface area (Å²) in [6.45, 7) is 0.939. The van der Waals surface area contributed by atoms with Gasteiger partial charge in [0.25, 0.3) is 0 Å². The van der Waals surface area contributed by atoms with Crippen molar-refractivity contribution < 1.29 is 29.3 Å². The van der Waals surface area contributed by atoms with Crippen molar-refractivity contribution in [3.05, 3.63) is 59.7 Å². The molecule has 5 rings (SSSR count). The molecule has 4 N–H and O–H groups in total. The Bertz CT molecular complexity index is 1120. The van der Waals surface area contributed by atoms with Crippen LogP contribution in [-0.2, 0) is 14.3 Å². The molecule has 3 aliphatic carbocycles. The van der Waals surface area contributed by atoms with Gasteiger partial charge < -0.3 is 25.6 Å². The van der Waals surface area contributed by atoms with Crippen LogP contribution in [0, 0.1) is 17.8 Å². The predicted octanol–water partition coefficient (Wildman–Crippen LogP) is 2.89. The molecule has 2 saturated carbocycles. The molecule has 5 unspecified atom stereocenters. The van der Waals surface area contributed by atoms with E-state index in [0.717, 1.165) is 48.4 Å². The van der Waals surface area contributed by atoms with E-state index < -0.39 is 30.1 Å². The molecule has 8 nitrogen and oxygen atoms in total. The van der Waals surface area contributed by atoms with Crippen LogP contribution in [-0.4, -0.2) is 53.0 Å². The number of carboxylic acids is 1. The minimum Gasteiger partial charge on any atom is -0.479 e. The molecule has 2 fully saturated rings. The predicted molar refractivity (Wildman–Crippen MR) is 128 cm³/mol. The average Bonchev–Trinajstić information content (AvgIpc) is 3.53. The third-order valence-electron chi connectivity index (χ3n) is 7.91. The van der Waals surface area contributed by atoms with Gasteiger partial charge in [-0.1, -0.05) is 48.5 Å². The maximum Gasteiger partial charge on any atom is 0.407 e. The fourth-order valence-electron chi connectivity index (χ4n) is 6.11. The van der Waals surface area contributed by atoms with E-state index in [1.807, 2.05) is 24.3 Å². The van der Waals surface area contributed by atoms with Crippen molar-refractivity contribution in [2.75, 3.05) is 13.2 Å². The third-order valence-corrected chi connectivity index (χ3v) is 7.91. The normalized spacial score (nSPS) is 25.9. The van der Waals surface area contributed by atoms with Gasteiger partial charge in [0.1, 0.15) is 6.61 Å². The minimum absolute atomic E-state index is 0.0504. The Morgan fingerprint density at radius 1 is 1.00 bits per heavy atom. The first kappa shape index (κ1) is 23.4. The first-order valence-electron chi connectivity index (χ1n) is 12.1. The standard InChI is InChI=1S/C27H30N2O6/c1-27(34,25(31)32)14-28-24(30)22-15-10-11-16(12-15)23(22)29-26(33)35-13-21-19-8-4-2-6-17(19)18-7-3-5-9-20(18)21/h2-9,15-16,21-23,34H,10-14H2,1H3,(H,28,30)(H,29,33)(H,31,32). The summed E-state index contributed by atoms with van der Waals surface area (Å²) >= 11 is 0. The van der Waals surface area contributed by atoms with Gasteiger partial charge in [-0.25, -0.2) is 9.59 Å². The maximum absolute atomic E-state index is 12.9. The molecule has 0 aliphatic heterocycles. The largest absolute Gasteiger partial charge is 0.479 e. The molecule has 2 aromatic carbocycles. The summed E-state index contributed by atoms with van der Waals surface area (Å²) in [6.07, 6.45) is 2.10. The number of hydrogen-bond donors (Lipinski definition) is 4. The second-order valence-electron chi connectivity index (χ2n) is 10.2. The third kappa shape index (κ3) is 4.27. The summed E-state index contributed by atoms with van der Waals surface area (Å²) in [5.41, 5.74) is 2.51. The molecule has 35 heavy (non-hydrogen) atoms. The first-order valence-corrected chi connectivity index (χ1v) is 12.1. The molecular weight excluding hydrogens is 448 g/mol. The molecule has 2 bridgehead atoms. The molecule has 0 spiro atoms. The van der Waals surface area contributed by atoms with Gasteiger partial charge in [-0.05, 0) is 60.3 Å². The number of aliphatic hydroxyl groups is 1. The van der Waals surface area contributed by atoms with Crippen LogP contribution >= 0.6 is 0 Å². The maximum atomic E-state index is 12.9. The lowest BCUT2D eigenvalue weighted by Gasteiger charge is -2.31. The van der Waals surface area contributed by atoms with E-state index in [1.165, 1.54) is 0 Å². The Morgan fingerprint density at radius 2 is 1.60 bits per heavy atom. The molecule has 184 valence electrons. The van der Waals surface area contributed by atoms with Crippen LogP contribution in [0.2, 0.25) is 0 Å². The van der Waals surface area contributed by atoms with Crippen molar-refractivity contribution in [3.63, 3.8) is 0 Å². The molecule has 2 amide bonds. The van der Waals surface area contributed by atoms with Crippen LogP contribution in [0.3, 0.4) is 0 Å². The van der Waals surface area contributed by atoms with Gasteiger partial charge in [-0.2, -0.15) is 0 Å². The van der Waals surface area contributed by atoms with Crippen LogP contribution < -0.4 is 10.6 Å². The lowest BCUT2D eigenvalue weighted by molar-refractivity contribution is -0.156. The van der Waals surface area contributed by atoms with Gasteiger partial charge in [0, 0.05) is 12.0 Å². The number of carbonyl (C=O) groups is 3. The Kier molecular flexibility index (Phi) is 6.01. The number of rotatable bonds is 7. The highest BCUT2D eigenvalue weighted by Crippen LogP contribution is 2.49. The van der Waals surface area contributed by atoms with E-state index in [-0.39, 0.29) is 36.3 Å². The van der Waals surface area contributed by atoms with Gasteiger partial charge in [0.15, 0.2) is 5.60 Å². The van der Waals surface area contributed by atoms with Gasteiger partial charge in [0.2, 0.25) is 5.91 Å². The monoisotopic (exact) mass is 478 g/mol. The molecule has 3 aliphatic rings. The van der Waals surface area contributed by atoms with Crippen molar-refractivity contribution in [2.45, 2.75) is 43.7 Å². The van der Waals surface area contributed by atoms with Crippen molar-refractivity contribution in [1.29, 1.82) is 0 Å². The molecule has 0 saturated heterocycles. The quantitative estimate of drug-likeness (QED) is 0.485. The number of aliphatic carboxylic acids is 1. The Balaban J connectivity index is 1.23. The number of alkyl carbamates (subject to hydrolysis) is 1. The van der Waals surface area contributed by atoms with Crippen molar-refractivity contribution in [2.24, 2.45) is 17.8 Å². The number of benzene rings is 2. The summed E-state index contributed by atoms with van der Waals surface area (Å²) in [7, 11) is 0. The van der Waals surface area contributed by atoms with E-state index in [4.69, 9.17) is 9.84 Å². The summed E-state index contributed by atoms with van der Waals surface area (Å²) in [6, 6.07) is 15.9. The number of fused-ring (bicyclic) bond motifs is 5. The summed E-state index contributed by atoms with van der Waals surface area (Å²) < 4.78 is 5.68. The number of nitrogens with one attached hydrogen (secondary N) is 2. The molecule has 5 atom stereocenters.